The van der Waals surface area contributed by atoms with Gasteiger partial charge in [0.15, 0.2) is 5.30 Å². The van der Waals surface area contributed by atoms with Gasteiger partial charge in [0.05, 0.1) is 0 Å². The molecule has 22 heavy (non-hydrogen) atoms. The van der Waals surface area contributed by atoms with Gasteiger partial charge in [0, 0.05) is 43.1 Å². The molecule has 1 radical (unpaired) electrons. The van der Waals surface area contributed by atoms with Crippen molar-refractivity contribution in [1.82, 2.24) is 4.90 Å². The molecule has 1 amide bonds. The van der Waals surface area contributed by atoms with E-state index in [2.05, 4.69) is 17.4 Å². The molecule has 1 N–H and O–H groups in total. The van der Waals surface area contributed by atoms with E-state index in [1.54, 1.807) is 20.2 Å². The number of benzene rings is 1. The first kappa shape index (κ1) is 25.8. The Hall–Kier alpha value is -1.13. The van der Waals surface area contributed by atoms with Gasteiger partial charge in [-0.1, -0.05) is 6.07 Å². The standard InChI is InChI=1S/C10H13N2O3S.CH2O2S.CH3.V/c1-11-16(14,15)9-6-4-5-8(7-9)10(13)12(2)3;2-1(3)4;;/h4-7H,1-3H3;4H,(H,2,3);1H3;/q-1;;-1;/p-1. The summed E-state index contributed by atoms with van der Waals surface area (Å²) in [4.78, 5) is 21.8. The van der Waals surface area contributed by atoms with Crippen molar-refractivity contribution < 1.29 is 41.7 Å². The molecule has 0 saturated heterocycles. The van der Waals surface area contributed by atoms with E-state index < -0.39 is 15.3 Å². The monoisotopic (exact) mass is 384 g/mol. The van der Waals surface area contributed by atoms with E-state index in [1.807, 2.05) is 0 Å². The third kappa shape index (κ3) is 9.01. The molecule has 1 aromatic carbocycles. The zero-order valence-corrected chi connectivity index (χ0v) is 15.6. The number of hydrogen-bond donors (Lipinski definition) is 1. The zero-order chi connectivity index (χ0) is 15.9. The number of amides is 1. The van der Waals surface area contributed by atoms with E-state index in [0.717, 1.165) is 0 Å². The van der Waals surface area contributed by atoms with Crippen molar-refractivity contribution in [2.75, 3.05) is 21.1 Å². The van der Waals surface area contributed by atoms with Gasteiger partial charge >= 0.3 is 0 Å². The maximum absolute atomic E-state index is 11.6. The van der Waals surface area contributed by atoms with Crippen LogP contribution in [-0.2, 0) is 41.2 Å². The Labute approximate surface area is 148 Å². The normalized spacial score (nSPS) is 9.23. The van der Waals surface area contributed by atoms with Crippen LogP contribution in [0.3, 0.4) is 0 Å². The smallest absolute Gasteiger partial charge is 0.253 e. The van der Waals surface area contributed by atoms with Crippen molar-refractivity contribution in [2.45, 2.75) is 4.90 Å². The Kier molecular flexibility index (Phi) is 13.4. The molecule has 0 aromatic heterocycles. The van der Waals surface area contributed by atoms with Crippen LogP contribution >= 0.6 is 0 Å². The van der Waals surface area contributed by atoms with Crippen molar-refractivity contribution in [3.63, 3.8) is 0 Å². The summed E-state index contributed by atoms with van der Waals surface area (Å²) in [5.74, 6) is -0.242. The Bertz CT molecular complexity index is 587. The fourth-order valence-corrected chi connectivity index (χ4v) is 1.89. The molecule has 0 saturated carbocycles. The van der Waals surface area contributed by atoms with Crippen molar-refractivity contribution in [3.8, 4) is 0 Å². The first-order valence-corrected chi connectivity index (χ1v) is 7.04. The van der Waals surface area contributed by atoms with Gasteiger partial charge in [0.1, 0.15) is 10.0 Å². The zero-order valence-electron chi connectivity index (χ0n) is 12.5. The molecule has 0 atom stereocenters. The molecule has 0 unspecified atom stereocenters. The topological polar surface area (TPSA) is 106 Å². The number of nitrogens with zero attached hydrogens (tertiary/aromatic N) is 2. The third-order valence-electron chi connectivity index (χ3n) is 2.03. The molecule has 0 fully saturated rings. The van der Waals surface area contributed by atoms with Crippen LogP contribution in [-0.4, -0.2) is 50.8 Å². The predicted molar refractivity (Wildman–Crippen MR) is 82.7 cm³/mol. The maximum Gasteiger partial charge on any atom is 0.253 e. The largest absolute Gasteiger partial charge is 0.698 e. The van der Waals surface area contributed by atoms with Crippen molar-refractivity contribution in [2.24, 2.45) is 0 Å². The van der Waals surface area contributed by atoms with Gasteiger partial charge in [-0.25, -0.2) is 8.42 Å². The van der Waals surface area contributed by atoms with Crippen LogP contribution in [0.25, 0.3) is 4.72 Å². The quantitative estimate of drug-likeness (QED) is 0.629. The fourth-order valence-electron chi connectivity index (χ4n) is 1.15. The van der Waals surface area contributed by atoms with Crippen LogP contribution in [0.4, 0.5) is 4.79 Å². The second kappa shape index (κ2) is 11.4. The Morgan fingerprint density at radius 2 is 1.73 bits per heavy atom. The first-order valence-electron chi connectivity index (χ1n) is 5.19. The van der Waals surface area contributed by atoms with Crippen LogP contribution in [0.1, 0.15) is 10.4 Å². The molecule has 0 spiro atoms. The molecule has 1 rings (SSSR count). The summed E-state index contributed by atoms with van der Waals surface area (Å²) in [6.07, 6.45) is 0. The molecular formula is C12H17N2O5S2V-3. The third-order valence-corrected chi connectivity index (χ3v) is 3.36. The number of carbonyl (C=O) groups is 2. The summed E-state index contributed by atoms with van der Waals surface area (Å²) >= 11 is 3.54. The number of rotatable bonds is 3. The maximum atomic E-state index is 11.6. The van der Waals surface area contributed by atoms with Gasteiger partial charge in [-0.2, -0.15) is 7.05 Å². The van der Waals surface area contributed by atoms with Crippen molar-refractivity contribution in [1.29, 1.82) is 0 Å². The van der Waals surface area contributed by atoms with Crippen molar-refractivity contribution >= 4 is 33.9 Å². The average molecular weight is 384 g/mol. The number of carbonyl (C=O) groups excluding carboxylic acids is 1. The number of sulfonamides is 1. The van der Waals surface area contributed by atoms with Crippen LogP contribution in [0.15, 0.2) is 29.2 Å². The fraction of sp³-hybridized carbons (Fsp3) is 0.250. The second-order valence-corrected chi connectivity index (χ2v) is 5.79. The second-order valence-electron chi connectivity index (χ2n) is 3.65. The summed E-state index contributed by atoms with van der Waals surface area (Å²) in [6.45, 7) is 0. The van der Waals surface area contributed by atoms with Crippen molar-refractivity contribution in [3.05, 3.63) is 42.0 Å². The van der Waals surface area contributed by atoms with E-state index >= 15 is 0 Å². The Balaban J connectivity index is -0.000000538. The van der Waals surface area contributed by atoms with E-state index in [-0.39, 0.29) is 36.8 Å². The van der Waals surface area contributed by atoms with Crippen LogP contribution in [0.2, 0.25) is 0 Å². The SMILES string of the molecule is C[N-]S(=O)(=O)c1cccc(C(=O)N(C)C)c1.O=C(O)[S-].[CH3-].[V]. The molecule has 0 heterocycles. The Morgan fingerprint density at radius 1 is 1.27 bits per heavy atom. The van der Waals surface area contributed by atoms with E-state index in [0.29, 0.717) is 5.56 Å². The van der Waals surface area contributed by atoms with E-state index in [4.69, 9.17) is 9.90 Å². The van der Waals surface area contributed by atoms with Gasteiger partial charge in [-0.05, 0) is 18.2 Å². The summed E-state index contributed by atoms with van der Waals surface area (Å²) in [7, 11) is 0.788. The number of hydrogen-bond acceptors (Lipinski definition) is 5. The van der Waals surface area contributed by atoms with Gasteiger partial charge in [0.25, 0.3) is 5.91 Å². The molecule has 10 heteroatoms. The summed E-state index contributed by atoms with van der Waals surface area (Å²) in [5, 5.41) is 5.98. The van der Waals surface area contributed by atoms with Gasteiger partial charge in [-0.15, -0.1) is 0 Å². The predicted octanol–water partition coefficient (Wildman–Crippen LogP) is 1.74. The molecule has 125 valence electrons. The first-order chi connectivity index (χ1) is 9.11. The molecule has 7 nitrogen and oxygen atoms in total. The minimum absolute atomic E-state index is 0. The summed E-state index contributed by atoms with van der Waals surface area (Å²) in [5.41, 5.74) is 0.328. The molecule has 0 aliphatic rings. The molecule has 1 aromatic rings. The number of carboxylic acid groups (broad SMARTS) is 1. The molecule has 0 bridgehead atoms. The van der Waals surface area contributed by atoms with Crippen LogP contribution < -0.4 is 0 Å². The summed E-state index contributed by atoms with van der Waals surface area (Å²) < 4.78 is 26.2. The van der Waals surface area contributed by atoms with Gasteiger partial charge in [-0.3, -0.25) is 9.59 Å². The van der Waals surface area contributed by atoms with E-state index in [9.17, 15) is 13.2 Å². The molecule has 0 aliphatic carbocycles. The minimum Gasteiger partial charge on any atom is -0.698 e. The van der Waals surface area contributed by atoms with Gasteiger partial charge in [0.2, 0.25) is 0 Å². The molecule has 0 aliphatic heterocycles. The van der Waals surface area contributed by atoms with Gasteiger partial charge < -0.3 is 34.8 Å². The minimum atomic E-state index is -3.63. The molecular weight excluding hydrogens is 367 g/mol. The summed E-state index contributed by atoms with van der Waals surface area (Å²) in [6, 6.07) is 5.82. The van der Waals surface area contributed by atoms with E-state index in [1.165, 1.54) is 30.1 Å². The van der Waals surface area contributed by atoms with Crippen LogP contribution in [0, 0.1) is 7.43 Å². The van der Waals surface area contributed by atoms with Crippen LogP contribution in [0.5, 0.6) is 0 Å². The Morgan fingerprint density at radius 3 is 2.09 bits per heavy atom. The average Bonchev–Trinajstić information content (AvgIpc) is 2.37.